The molecule has 9 heteroatoms. The summed E-state index contributed by atoms with van der Waals surface area (Å²) in [6.45, 7) is 0. The predicted molar refractivity (Wildman–Crippen MR) is 97.0 cm³/mol. The molecular formula is C16H14N6O2S. The molecule has 0 radical (unpaired) electrons. The van der Waals surface area contributed by atoms with E-state index in [1.54, 1.807) is 48.8 Å². The highest BCUT2D eigenvalue weighted by atomic mass is 32.1. The van der Waals surface area contributed by atoms with Crippen molar-refractivity contribution in [2.75, 3.05) is 16.4 Å². The van der Waals surface area contributed by atoms with Crippen LogP contribution in [0, 0.1) is 0 Å². The summed E-state index contributed by atoms with van der Waals surface area (Å²) < 4.78 is 0. The molecule has 0 spiro atoms. The van der Waals surface area contributed by atoms with Gasteiger partial charge in [0.05, 0.1) is 11.9 Å². The first-order valence-electron chi connectivity index (χ1n) is 7.17. The molecular weight excluding hydrogens is 340 g/mol. The molecule has 3 rings (SSSR count). The second kappa shape index (κ2) is 6.97. The van der Waals surface area contributed by atoms with Crippen LogP contribution in [-0.2, 0) is 0 Å². The minimum Gasteiger partial charge on any atom is -0.399 e. The molecule has 0 aliphatic carbocycles. The number of thiazole rings is 1. The van der Waals surface area contributed by atoms with Crippen molar-refractivity contribution in [1.82, 2.24) is 9.97 Å². The number of rotatable bonds is 5. The third kappa shape index (κ3) is 3.90. The second-order valence-corrected chi connectivity index (χ2v) is 6.00. The van der Waals surface area contributed by atoms with Crippen LogP contribution in [0.3, 0.4) is 0 Å². The van der Waals surface area contributed by atoms with E-state index in [1.807, 2.05) is 0 Å². The number of nitrogen functional groups attached to an aromatic ring is 1. The summed E-state index contributed by atoms with van der Waals surface area (Å²) in [6.07, 6.45) is 3.25. The Morgan fingerprint density at radius 2 is 1.88 bits per heavy atom. The number of aromatic nitrogens is 2. The van der Waals surface area contributed by atoms with E-state index >= 15 is 0 Å². The molecule has 0 aliphatic heterocycles. The average Bonchev–Trinajstić information content (AvgIpc) is 2.99. The lowest BCUT2D eigenvalue weighted by molar-refractivity contribution is 0.0997. The molecule has 0 aliphatic rings. The van der Waals surface area contributed by atoms with Crippen LogP contribution in [0.5, 0.6) is 0 Å². The Bertz CT molecular complexity index is 908. The van der Waals surface area contributed by atoms with Gasteiger partial charge in [0.15, 0.2) is 10.8 Å². The largest absolute Gasteiger partial charge is 0.399 e. The third-order valence-corrected chi connectivity index (χ3v) is 4.06. The van der Waals surface area contributed by atoms with Gasteiger partial charge >= 0.3 is 0 Å². The zero-order valence-corrected chi connectivity index (χ0v) is 13.7. The number of carbonyl (C=O) groups excluding carboxylic acids is 2. The smallest absolute Gasteiger partial charge is 0.270 e. The lowest BCUT2D eigenvalue weighted by Crippen LogP contribution is -2.17. The first-order chi connectivity index (χ1) is 12.0. The van der Waals surface area contributed by atoms with E-state index in [1.165, 1.54) is 0 Å². The SMILES string of the molecule is NC(=O)c1nc(Nc2cccnc2)sc1NC(=O)c1ccc(N)cc1. The quantitative estimate of drug-likeness (QED) is 0.519. The molecule has 1 aromatic carbocycles. The van der Waals surface area contributed by atoms with Crippen molar-refractivity contribution in [3.8, 4) is 0 Å². The number of hydrogen-bond donors (Lipinski definition) is 4. The van der Waals surface area contributed by atoms with Gasteiger partial charge in [0.1, 0.15) is 5.00 Å². The molecule has 2 heterocycles. The van der Waals surface area contributed by atoms with Crippen molar-refractivity contribution in [3.05, 3.63) is 60.0 Å². The van der Waals surface area contributed by atoms with E-state index < -0.39 is 5.91 Å². The van der Waals surface area contributed by atoms with Gasteiger partial charge in [-0.05, 0) is 36.4 Å². The molecule has 8 nitrogen and oxygen atoms in total. The third-order valence-electron chi connectivity index (χ3n) is 3.17. The Kier molecular flexibility index (Phi) is 4.57. The molecule has 0 atom stereocenters. The number of pyridine rings is 1. The fourth-order valence-electron chi connectivity index (χ4n) is 2.00. The molecule has 2 aromatic heterocycles. The monoisotopic (exact) mass is 354 g/mol. The maximum absolute atomic E-state index is 12.3. The molecule has 0 bridgehead atoms. The van der Waals surface area contributed by atoms with Gasteiger partial charge in [-0.3, -0.25) is 14.6 Å². The lowest BCUT2D eigenvalue weighted by atomic mass is 10.2. The van der Waals surface area contributed by atoms with E-state index in [0.717, 1.165) is 11.3 Å². The number of nitrogens with two attached hydrogens (primary N) is 2. The van der Waals surface area contributed by atoms with Gasteiger partial charge < -0.3 is 22.1 Å². The van der Waals surface area contributed by atoms with Crippen molar-refractivity contribution in [2.45, 2.75) is 0 Å². The van der Waals surface area contributed by atoms with Crippen molar-refractivity contribution in [3.63, 3.8) is 0 Å². The molecule has 0 saturated heterocycles. The van der Waals surface area contributed by atoms with E-state index in [0.29, 0.717) is 22.1 Å². The topological polar surface area (TPSA) is 136 Å². The van der Waals surface area contributed by atoms with Crippen LogP contribution >= 0.6 is 11.3 Å². The zero-order valence-electron chi connectivity index (χ0n) is 12.9. The minimum atomic E-state index is -0.733. The summed E-state index contributed by atoms with van der Waals surface area (Å²) in [5, 5.41) is 6.34. The highest BCUT2D eigenvalue weighted by Gasteiger charge is 2.19. The summed E-state index contributed by atoms with van der Waals surface area (Å²) in [5.41, 5.74) is 12.6. The standard InChI is InChI=1S/C16H14N6O2S/c17-10-5-3-9(4-6-10)14(24)22-15-12(13(18)23)21-16(25-15)20-11-2-1-7-19-8-11/h1-8H,17H2,(H2,18,23)(H,20,21)(H,22,24). The summed E-state index contributed by atoms with van der Waals surface area (Å²) in [6, 6.07) is 9.96. The molecule has 0 unspecified atom stereocenters. The van der Waals surface area contributed by atoms with Crippen molar-refractivity contribution in [2.24, 2.45) is 5.73 Å². The highest BCUT2D eigenvalue weighted by Crippen LogP contribution is 2.30. The average molecular weight is 354 g/mol. The van der Waals surface area contributed by atoms with Gasteiger partial charge in [0, 0.05) is 17.4 Å². The van der Waals surface area contributed by atoms with Gasteiger partial charge in [-0.2, -0.15) is 0 Å². The maximum atomic E-state index is 12.3. The van der Waals surface area contributed by atoms with E-state index in [-0.39, 0.29) is 16.6 Å². The summed E-state index contributed by atoms with van der Waals surface area (Å²) in [5.74, 6) is -1.12. The molecule has 6 N–H and O–H groups in total. The van der Waals surface area contributed by atoms with Crippen molar-refractivity contribution in [1.29, 1.82) is 0 Å². The molecule has 126 valence electrons. The Hall–Kier alpha value is -3.46. The predicted octanol–water partition coefficient (Wildman–Crippen LogP) is 2.22. The molecule has 0 saturated carbocycles. The Balaban J connectivity index is 1.83. The van der Waals surface area contributed by atoms with Crippen molar-refractivity contribution >= 4 is 44.7 Å². The summed E-state index contributed by atoms with van der Waals surface area (Å²) >= 11 is 1.10. The number of carbonyl (C=O) groups is 2. The van der Waals surface area contributed by atoms with Gasteiger partial charge in [-0.1, -0.05) is 11.3 Å². The maximum Gasteiger partial charge on any atom is 0.270 e. The molecule has 2 amide bonds. The van der Waals surface area contributed by atoms with Crippen LogP contribution in [0.15, 0.2) is 48.8 Å². The Morgan fingerprint density at radius 1 is 1.12 bits per heavy atom. The van der Waals surface area contributed by atoms with Gasteiger partial charge in [-0.25, -0.2) is 4.98 Å². The van der Waals surface area contributed by atoms with E-state index in [9.17, 15) is 9.59 Å². The number of nitrogens with zero attached hydrogens (tertiary/aromatic N) is 2. The summed E-state index contributed by atoms with van der Waals surface area (Å²) in [4.78, 5) is 32.0. The zero-order chi connectivity index (χ0) is 17.8. The second-order valence-electron chi connectivity index (χ2n) is 5.00. The van der Waals surface area contributed by atoms with Crippen LogP contribution in [0.25, 0.3) is 0 Å². The molecule has 0 fully saturated rings. The Labute approximate surface area is 146 Å². The first-order valence-corrected chi connectivity index (χ1v) is 7.99. The highest BCUT2D eigenvalue weighted by molar-refractivity contribution is 7.20. The summed E-state index contributed by atoms with van der Waals surface area (Å²) in [7, 11) is 0. The molecule has 3 aromatic rings. The number of benzene rings is 1. The van der Waals surface area contributed by atoms with E-state index in [2.05, 4.69) is 20.6 Å². The van der Waals surface area contributed by atoms with Crippen LogP contribution in [0.4, 0.5) is 21.5 Å². The first kappa shape index (κ1) is 16.4. The number of anilines is 4. The fraction of sp³-hybridized carbons (Fsp3) is 0. The fourth-order valence-corrected chi connectivity index (χ4v) is 2.88. The molecule has 25 heavy (non-hydrogen) atoms. The number of nitrogens with one attached hydrogen (secondary N) is 2. The minimum absolute atomic E-state index is 0.0137. The number of hydrogen-bond acceptors (Lipinski definition) is 7. The van der Waals surface area contributed by atoms with Gasteiger partial charge in [0.2, 0.25) is 0 Å². The van der Waals surface area contributed by atoms with Crippen LogP contribution in [0.1, 0.15) is 20.8 Å². The Morgan fingerprint density at radius 3 is 2.52 bits per heavy atom. The van der Waals surface area contributed by atoms with Crippen LogP contribution in [0.2, 0.25) is 0 Å². The number of primary amides is 1. The normalized spacial score (nSPS) is 10.2. The van der Waals surface area contributed by atoms with Crippen LogP contribution in [-0.4, -0.2) is 21.8 Å². The van der Waals surface area contributed by atoms with Gasteiger partial charge in [-0.15, -0.1) is 0 Å². The van der Waals surface area contributed by atoms with Crippen LogP contribution < -0.4 is 22.1 Å². The van der Waals surface area contributed by atoms with Crippen molar-refractivity contribution < 1.29 is 9.59 Å². The van der Waals surface area contributed by atoms with E-state index in [4.69, 9.17) is 11.5 Å². The lowest BCUT2D eigenvalue weighted by Gasteiger charge is -2.04. The van der Waals surface area contributed by atoms with Gasteiger partial charge in [0.25, 0.3) is 11.8 Å². The number of amides is 2.